The third-order valence-electron chi connectivity index (χ3n) is 5.82. The van der Waals surface area contributed by atoms with Crippen molar-refractivity contribution in [2.24, 2.45) is 0 Å². The highest BCUT2D eigenvalue weighted by atomic mass is 32.2. The number of furan rings is 1. The molecule has 0 radical (unpaired) electrons. The van der Waals surface area contributed by atoms with Crippen molar-refractivity contribution in [2.75, 3.05) is 25.1 Å². The molecular weight excluding hydrogens is 392 g/mol. The minimum absolute atomic E-state index is 0.0474. The normalized spacial score (nSPS) is 21.2. The Kier molecular flexibility index (Phi) is 5.04. The first-order valence-corrected chi connectivity index (χ1v) is 11.2. The van der Waals surface area contributed by atoms with Gasteiger partial charge >= 0.3 is 0 Å². The molecular formula is C21H26N2O5S. The van der Waals surface area contributed by atoms with Crippen molar-refractivity contribution in [1.29, 1.82) is 0 Å². The lowest BCUT2D eigenvalue weighted by Crippen LogP contribution is -2.37. The van der Waals surface area contributed by atoms with Crippen molar-refractivity contribution in [1.82, 2.24) is 4.31 Å². The molecule has 2 aromatic rings. The number of hydrogen-bond donors (Lipinski definition) is 0. The van der Waals surface area contributed by atoms with E-state index < -0.39 is 15.4 Å². The third kappa shape index (κ3) is 3.49. The first-order valence-electron chi connectivity index (χ1n) is 9.78. The number of anilines is 1. The summed E-state index contributed by atoms with van der Waals surface area (Å²) in [5, 5.41) is 0. The number of carbonyl (C=O) groups excluding carboxylic acids is 1. The van der Waals surface area contributed by atoms with Crippen LogP contribution in [0.15, 0.2) is 45.9 Å². The van der Waals surface area contributed by atoms with Crippen LogP contribution >= 0.6 is 0 Å². The van der Waals surface area contributed by atoms with Gasteiger partial charge in [-0.15, -0.1) is 0 Å². The van der Waals surface area contributed by atoms with E-state index in [-0.39, 0.29) is 30.0 Å². The van der Waals surface area contributed by atoms with Crippen molar-refractivity contribution in [3.05, 3.63) is 47.9 Å². The number of rotatable bonds is 6. The van der Waals surface area contributed by atoms with Gasteiger partial charge in [-0.2, -0.15) is 4.31 Å². The average molecular weight is 419 g/mol. The molecule has 1 atom stereocenters. The van der Waals surface area contributed by atoms with Gasteiger partial charge in [0, 0.05) is 25.9 Å². The first kappa shape index (κ1) is 20.1. The SMILES string of the molecule is CN1C(=O)C(C)(C)c2cc(S(=O)(=O)N(Cc3ccco3)C[C@H]3CCCO3)ccc21. The molecule has 4 rings (SSSR count). The minimum Gasteiger partial charge on any atom is -0.468 e. The van der Waals surface area contributed by atoms with E-state index in [1.54, 1.807) is 42.3 Å². The van der Waals surface area contributed by atoms with Crippen LogP contribution in [-0.4, -0.2) is 44.9 Å². The zero-order valence-corrected chi connectivity index (χ0v) is 17.7. The second-order valence-electron chi connectivity index (χ2n) is 8.18. The molecule has 7 nitrogen and oxygen atoms in total. The van der Waals surface area contributed by atoms with Crippen LogP contribution < -0.4 is 4.90 Å². The molecule has 2 aliphatic rings. The van der Waals surface area contributed by atoms with Gasteiger partial charge in [-0.25, -0.2) is 8.42 Å². The van der Waals surface area contributed by atoms with Crippen molar-refractivity contribution < 1.29 is 22.4 Å². The van der Waals surface area contributed by atoms with E-state index >= 15 is 0 Å². The Balaban J connectivity index is 1.71. The van der Waals surface area contributed by atoms with Crippen LogP contribution in [0.1, 0.15) is 38.0 Å². The van der Waals surface area contributed by atoms with Crippen LogP contribution in [-0.2, 0) is 31.5 Å². The number of benzene rings is 1. The van der Waals surface area contributed by atoms with E-state index in [0.29, 0.717) is 12.4 Å². The maximum absolute atomic E-state index is 13.6. The molecule has 1 amide bonds. The Morgan fingerprint density at radius 2 is 2.07 bits per heavy atom. The van der Waals surface area contributed by atoms with Crippen LogP contribution in [0, 0.1) is 0 Å². The lowest BCUT2D eigenvalue weighted by Gasteiger charge is -2.25. The molecule has 1 aromatic heterocycles. The highest BCUT2D eigenvalue weighted by Gasteiger charge is 2.43. The Labute approximate surface area is 171 Å². The van der Waals surface area contributed by atoms with Gasteiger partial charge in [0.15, 0.2) is 0 Å². The topological polar surface area (TPSA) is 80.1 Å². The molecule has 3 heterocycles. The lowest BCUT2D eigenvalue weighted by atomic mass is 9.86. The minimum atomic E-state index is -3.81. The number of fused-ring (bicyclic) bond motifs is 1. The number of amides is 1. The molecule has 0 aliphatic carbocycles. The van der Waals surface area contributed by atoms with Gasteiger partial charge in [0.05, 0.1) is 29.2 Å². The highest BCUT2D eigenvalue weighted by molar-refractivity contribution is 7.89. The number of nitrogens with zero attached hydrogens (tertiary/aromatic N) is 2. The molecule has 1 aromatic carbocycles. The molecule has 8 heteroatoms. The molecule has 1 fully saturated rings. The summed E-state index contributed by atoms with van der Waals surface area (Å²) in [4.78, 5) is 14.3. The van der Waals surface area contributed by atoms with Crippen molar-refractivity contribution >= 4 is 21.6 Å². The first-order chi connectivity index (χ1) is 13.7. The van der Waals surface area contributed by atoms with E-state index in [4.69, 9.17) is 9.15 Å². The Bertz CT molecular complexity index is 1010. The standard InChI is InChI=1S/C21H26N2O5S/c1-21(2)18-12-17(8-9-19(18)22(3)20(21)24)29(25,26)23(13-15-6-4-10-27-15)14-16-7-5-11-28-16/h4,6,8-10,12,16H,5,7,11,13-14H2,1-3H3/t16-/m1/s1. The quantitative estimate of drug-likeness (QED) is 0.721. The Morgan fingerprint density at radius 3 is 2.72 bits per heavy atom. The molecule has 2 aliphatic heterocycles. The zero-order chi connectivity index (χ0) is 20.8. The summed E-state index contributed by atoms with van der Waals surface area (Å²) in [6.07, 6.45) is 3.17. The van der Waals surface area contributed by atoms with E-state index in [1.807, 2.05) is 13.8 Å². The summed E-state index contributed by atoms with van der Waals surface area (Å²) < 4.78 is 39.6. The predicted molar refractivity (Wildman–Crippen MR) is 108 cm³/mol. The molecule has 0 spiro atoms. The number of carbonyl (C=O) groups is 1. The van der Waals surface area contributed by atoms with Crippen LogP contribution in [0.2, 0.25) is 0 Å². The smallest absolute Gasteiger partial charge is 0.243 e. The van der Waals surface area contributed by atoms with Crippen molar-refractivity contribution in [3.8, 4) is 0 Å². The second kappa shape index (κ2) is 7.27. The van der Waals surface area contributed by atoms with E-state index in [2.05, 4.69) is 0 Å². The van der Waals surface area contributed by atoms with E-state index in [0.717, 1.165) is 24.1 Å². The molecule has 1 saturated heterocycles. The summed E-state index contributed by atoms with van der Waals surface area (Å²) in [7, 11) is -2.09. The Hall–Kier alpha value is -2.16. The fourth-order valence-corrected chi connectivity index (χ4v) is 5.57. The summed E-state index contributed by atoms with van der Waals surface area (Å²) in [6.45, 7) is 4.69. The van der Waals surface area contributed by atoms with Gasteiger partial charge in [-0.05, 0) is 62.6 Å². The fourth-order valence-electron chi connectivity index (χ4n) is 4.10. The van der Waals surface area contributed by atoms with Gasteiger partial charge in [0.25, 0.3) is 0 Å². The van der Waals surface area contributed by atoms with E-state index in [9.17, 15) is 13.2 Å². The third-order valence-corrected chi connectivity index (χ3v) is 7.63. The molecule has 156 valence electrons. The van der Waals surface area contributed by atoms with Gasteiger partial charge in [-0.3, -0.25) is 4.79 Å². The number of sulfonamides is 1. The summed E-state index contributed by atoms with van der Waals surface area (Å²) >= 11 is 0. The molecule has 0 N–H and O–H groups in total. The second-order valence-corrected chi connectivity index (χ2v) is 10.1. The van der Waals surface area contributed by atoms with Gasteiger partial charge in [0.2, 0.25) is 15.9 Å². The van der Waals surface area contributed by atoms with E-state index in [1.165, 1.54) is 10.6 Å². The summed E-state index contributed by atoms with van der Waals surface area (Å²) in [6, 6.07) is 8.43. The van der Waals surface area contributed by atoms with Crippen LogP contribution in [0.4, 0.5) is 5.69 Å². The maximum atomic E-state index is 13.6. The van der Waals surface area contributed by atoms with Crippen LogP contribution in [0.3, 0.4) is 0 Å². The highest BCUT2D eigenvalue weighted by Crippen LogP contribution is 2.42. The number of ether oxygens (including phenoxy) is 1. The Morgan fingerprint density at radius 1 is 1.28 bits per heavy atom. The van der Waals surface area contributed by atoms with Gasteiger partial charge in [0.1, 0.15) is 5.76 Å². The molecule has 0 bridgehead atoms. The summed E-state index contributed by atoms with van der Waals surface area (Å²) in [5.74, 6) is 0.525. The summed E-state index contributed by atoms with van der Waals surface area (Å²) in [5.41, 5.74) is 0.701. The molecule has 0 unspecified atom stereocenters. The van der Waals surface area contributed by atoms with Crippen LogP contribution in [0.25, 0.3) is 0 Å². The fraction of sp³-hybridized carbons (Fsp3) is 0.476. The largest absolute Gasteiger partial charge is 0.468 e. The van der Waals surface area contributed by atoms with Gasteiger partial charge in [-0.1, -0.05) is 0 Å². The lowest BCUT2D eigenvalue weighted by molar-refractivity contribution is -0.121. The molecule has 29 heavy (non-hydrogen) atoms. The monoisotopic (exact) mass is 418 g/mol. The maximum Gasteiger partial charge on any atom is 0.243 e. The number of likely N-dealkylation sites (N-methyl/N-ethyl adjacent to an activating group) is 1. The molecule has 0 saturated carbocycles. The number of hydrogen-bond acceptors (Lipinski definition) is 5. The predicted octanol–water partition coefficient (Wildman–Crippen LogP) is 2.90. The zero-order valence-electron chi connectivity index (χ0n) is 16.9. The van der Waals surface area contributed by atoms with Gasteiger partial charge < -0.3 is 14.1 Å². The van der Waals surface area contributed by atoms with Crippen LogP contribution in [0.5, 0.6) is 0 Å². The van der Waals surface area contributed by atoms with Crippen molar-refractivity contribution in [2.45, 2.75) is 49.6 Å². The van der Waals surface area contributed by atoms with Crippen molar-refractivity contribution in [3.63, 3.8) is 0 Å². The average Bonchev–Trinajstić information content (AvgIpc) is 3.42.